The fourth-order valence-electron chi connectivity index (χ4n) is 10.5. The molecule has 67 heavy (non-hydrogen) atoms. The number of rotatable bonds is 7. The highest BCUT2D eigenvalue weighted by molar-refractivity contribution is 6.21. The van der Waals surface area contributed by atoms with Crippen molar-refractivity contribution in [3.05, 3.63) is 230 Å². The third kappa shape index (κ3) is 6.18. The Balaban J connectivity index is 1.01. The molecule has 0 saturated heterocycles. The maximum Gasteiger partial charge on any atom is 0.164 e. The predicted molar refractivity (Wildman–Crippen MR) is 274 cm³/mol. The molecule has 4 aromatic heterocycles. The largest absolute Gasteiger partial charge is 0.307 e. The van der Waals surface area contributed by atoms with E-state index >= 15 is 0 Å². The smallest absolute Gasteiger partial charge is 0.164 e. The molecule has 0 radical (unpaired) electrons. The van der Waals surface area contributed by atoms with Crippen LogP contribution in [0.5, 0.6) is 0 Å². The predicted octanol–water partition coefficient (Wildman–Crippen LogP) is 14.9. The van der Waals surface area contributed by atoms with Crippen molar-refractivity contribution in [1.82, 2.24) is 29.1 Å². The van der Waals surface area contributed by atoms with Gasteiger partial charge in [-0.15, -0.1) is 0 Å². The molecule has 0 atom stereocenters. The number of aromatic nitrogens is 6. The van der Waals surface area contributed by atoms with E-state index in [0.29, 0.717) is 17.5 Å². The van der Waals surface area contributed by atoms with E-state index in [1.54, 1.807) is 0 Å². The average Bonchev–Trinajstić information content (AvgIpc) is 4.01. The summed E-state index contributed by atoms with van der Waals surface area (Å²) in [4.78, 5) is 19.7. The molecule has 0 amide bonds. The Morgan fingerprint density at radius 3 is 1.66 bits per heavy atom. The Morgan fingerprint density at radius 2 is 0.955 bits per heavy atom. The van der Waals surface area contributed by atoms with Crippen LogP contribution in [0.2, 0.25) is 0 Å². The molecule has 1 aliphatic carbocycles. The molecule has 8 aromatic carbocycles. The van der Waals surface area contributed by atoms with Crippen molar-refractivity contribution < 1.29 is 0 Å². The molecule has 0 bridgehead atoms. The molecule has 0 unspecified atom stereocenters. The van der Waals surface area contributed by atoms with Gasteiger partial charge in [0, 0.05) is 67.0 Å². The van der Waals surface area contributed by atoms with Crippen LogP contribution < -0.4 is 0 Å². The number of para-hydroxylation sites is 1. The molecule has 0 aliphatic heterocycles. The van der Waals surface area contributed by atoms with Gasteiger partial charge in [-0.25, -0.2) is 15.0 Å². The maximum absolute atomic E-state index is 5.03. The molecule has 6 heteroatoms. The summed E-state index contributed by atoms with van der Waals surface area (Å²) in [5, 5.41) is 3.64. The van der Waals surface area contributed by atoms with Gasteiger partial charge in [0.25, 0.3) is 0 Å². The first-order chi connectivity index (χ1) is 33.0. The third-order valence-corrected chi connectivity index (χ3v) is 13.6. The Morgan fingerprint density at radius 1 is 0.388 bits per heavy atom. The lowest BCUT2D eigenvalue weighted by molar-refractivity contribution is 0.666. The van der Waals surface area contributed by atoms with E-state index in [1.807, 2.05) is 72.9 Å². The van der Waals surface area contributed by atoms with Gasteiger partial charge in [-0.3, -0.25) is 4.98 Å². The fourth-order valence-corrected chi connectivity index (χ4v) is 10.5. The van der Waals surface area contributed by atoms with E-state index in [-0.39, 0.29) is 5.41 Å². The van der Waals surface area contributed by atoms with Gasteiger partial charge >= 0.3 is 0 Å². The normalized spacial score (nSPS) is 12.7. The van der Waals surface area contributed by atoms with Crippen LogP contribution in [-0.2, 0) is 5.41 Å². The van der Waals surface area contributed by atoms with Crippen molar-refractivity contribution in [1.29, 1.82) is 0 Å². The zero-order valence-corrected chi connectivity index (χ0v) is 37.0. The number of hydrogen-bond acceptors (Lipinski definition) is 4. The highest BCUT2D eigenvalue weighted by atomic mass is 15.1. The second-order valence-corrected chi connectivity index (χ2v) is 17.9. The fraction of sp³-hybridized carbons (Fsp3) is 0.0492. The molecule has 1 aliphatic rings. The number of nitrogens with zero attached hydrogens (tertiary/aromatic N) is 6. The number of fused-ring (bicyclic) bond motifs is 9. The minimum Gasteiger partial charge on any atom is -0.307 e. The van der Waals surface area contributed by atoms with E-state index in [0.717, 1.165) is 56.0 Å². The standard InChI is InChI=1S/C61H42N6/c1-61(2)51-26-13-12-25-48(51)55-54(61)49-34-33-47-50-38-43(52-27-14-15-36-62-52)30-35-53(50)66(56(47)57(49)67(55)45-23-10-5-11-24-45)46-31-28-39(29-32-46)42-21-16-22-44(37-42)60-64-58(40-17-6-3-7-18-40)63-59(65-60)41-19-8-4-9-20-41/h3-38H,1-2H3. The van der Waals surface area contributed by atoms with Gasteiger partial charge in [0.2, 0.25) is 0 Å². The van der Waals surface area contributed by atoms with E-state index in [4.69, 9.17) is 19.9 Å². The summed E-state index contributed by atoms with van der Waals surface area (Å²) in [7, 11) is 0. The van der Waals surface area contributed by atoms with Crippen LogP contribution in [0.4, 0.5) is 0 Å². The number of pyridine rings is 1. The first-order valence-corrected chi connectivity index (χ1v) is 22.8. The highest BCUT2D eigenvalue weighted by Crippen LogP contribution is 2.55. The molecular formula is C61H42N6. The summed E-state index contributed by atoms with van der Waals surface area (Å²) in [6, 6.07) is 75.2. The summed E-state index contributed by atoms with van der Waals surface area (Å²) < 4.78 is 5.01. The second kappa shape index (κ2) is 15.2. The summed E-state index contributed by atoms with van der Waals surface area (Å²) in [6.07, 6.45) is 1.87. The van der Waals surface area contributed by atoms with Crippen LogP contribution in [0.25, 0.3) is 112 Å². The Labute approximate surface area is 388 Å². The molecule has 12 aromatic rings. The minimum atomic E-state index is -0.204. The first-order valence-electron chi connectivity index (χ1n) is 22.8. The molecule has 0 spiro atoms. The third-order valence-electron chi connectivity index (χ3n) is 13.6. The van der Waals surface area contributed by atoms with Crippen molar-refractivity contribution in [2.75, 3.05) is 0 Å². The number of benzene rings is 8. The van der Waals surface area contributed by atoms with Crippen LogP contribution in [0.15, 0.2) is 219 Å². The van der Waals surface area contributed by atoms with Crippen molar-refractivity contribution in [3.8, 4) is 79.2 Å². The van der Waals surface area contributed by atoms with Crippen LogP contribution in [0.3, 0.4) is 0 Å². The molecule has 0 N–H and O–H groups in total. The van der Waals surface area contributed by atoms with Crippen molar-refractivity contribution in [2.45, 2.75) is 19.3 Å². The van der Waals surface area contributed by atoms with Crippen LogP contribution >= 0.6 is 0 Å². The molecule has 316 valence electrons. The van der Waals surface area contributed by atoms with Gasteiger partial charge in [-0.05, 0) is 76.9 Å². The number of hydrogen-bond donors (Lipinski definition) is 0. The summed E-state index contributed by atoms with van der Waals surface area (Å²) in [6.45, 7) is 4.76. The van der Waals surface area contributed by atoms with Gasteiger partial charge in [0.15, 0.2) is 17.5 Å². The van der Waals surface area contributed by atoms with Gasteiger partial charge in [-0.2, -0.15) is 0 Å². The molecule has 6 nitrogen and oxygen atoms in total. The monoisotopic (exact) mass is 858 g/mol. The van der Waals surface area contributed by atoms with Crippen molar-refractivity contribution in [2.24, 2.45) is 0 Å². The van der Waals surface area contributed by atoms with Gasteiger partial charge < -0.3 is 9.13 Å². The maximum atomic E-state index is 5.03. The summed E-state index contributed by atoms with van der Waals surface area (Å²) in [5.74, 6) is 1.91. The van der Waals surface area contributed by atoms with E-state index in [1.165, 1.54) is 49.6 Å². The average molecular weight is 859 g/mol. The lowest BCUT2D eigenvalue weighted by Gasteiger charge is -2.21. The zero-order valence-electron chi connectivity index (χ0n) is 37.0. The Hall–Kier alpha value is -8.74. The molecule has 0 saturated carbocycles. The highest BCUT2D eigenvalue weighted by Gasteiger charge is 2.41. The lowest BCUT2D eigenvalue weighted by atomic mass is 9.81. The molecule has 0 fully saturated rings. The molecule has 4 heterocycles. The topological polar surface area (TPSA) is 61.4 Å². The van der Waals surface area contributed by atoms with Gasteiger partial charge in [-0.1, -0.05) is 172 Å². The second-order valence-electron chi connectivity index (χ2n) is 17.9. The van der Waals surface area contributed by atoms with Crippen molar-refractivity contribution >= 4 is 32.7 Å². The van der Waals surface area contributed by atoms with Gasteiger partial charge in [0.05, 0.1) is 27.9 Å². The van der Waals surface area contributed by atoms with Gasteiger partial charge in [0.1, 0.15) is 0 Å². The Bertz CT molecular complexity index is 3800. The van der Waals surface area contributed by atoms with E-state index in [9.17, 15) is 0 Å². The summed E-state index contributed by atoms with van der Waals surface area (Å²) in [5.41, 5.74) is 17.8. The van der Waals surface area contributed by atoms with Crippen LogP contribution in [0, 0.1) is 0 Å². The van der Waals surface area contributed by atoms with Crippen molar-refractivity contribution in [3.63, 3.8) is 0 Å². The zero-order chi connectivity index (χ0) is 44.6. The van der Waals surface area contributed by atoms with Crippen LogP contribution in [-0.4, -0.2) is 29.1 Å². The first kappa shape index (κ1) is 38.7. The quantitative estimate of drug-likeness (QED) is 0.160. The molecule has 13 rings (SSSR count). The minimum absolute atomic E-state index is 0.204. The van der Waals surface area contributed by atoms with E-state index < -0.39 is 0 Å². The van der Waals surface area contributed by atoms with E-state index in [2.05, 4.69) is 169 Å². The van der Waals surface area contributed by atoms with Crippen LogP contribution in [0.1, 0.15) is 25.0 Å². The SMILES string of the molecule is CC1(C)c2ccccc2-c2c1c1ccc3c4cc(-c5ccccn5)ccc4n(-c4ccc(-c5cccc(-c6nc(-c7ccccc7)nc(-c7ccccc7)n6)c5)cc4)c3c1n2-c1ccccc1. The summed E-state index contributed by atoms with van der Waals surface area (Å²) >= 11 is 0. The Kier molecular flexibility index (Phi) is 8.77. The molecular weight excluding hydrogens is 817 g/mol. The lowest BCUT2D eigenvalue weighted by Crippen LogP contribution is -2.14.